The molecule has 0 spiro atoms. The summed E-state index contributed by atoms with van der Waals surface area (Å²) in [5, 5.41) is 7.62. The summed E-state index contributed by atoms with van der Waals surface area (Å²) in [6, 6.07) is -0.108. The third-order valence-electron chi connectivity index (χ3n) is 3.61. The summed E-state index contributed by atoms with van der Waals surface area (Å²) in [4.78, 5) is 12.1. The summed E-state index contributed by atoms with van der Waals surface area (Å²) in [6.07, 6.45) is 6.41. The highest BCUT2D eigenvalue weighted by atomic mass is 35.5. The lowest BCUT2D eigenvalue weighted by atomic mass is 10.1. The van der Waals surface area contributed by atoms with Crippen LogP contribution in [0.5, 0.6) is 0 Å². The molecule has 0 radical (unpaired) electrons. The van der Waals surface area contributed by atoms with Crippen molar-refractivity contribution in [1.29, 1.82) is 0 Å². The van der Waals surface area contributed by atoms with Crippen LogP contribution in [0, 0.1) is 0 Å². The second-order valence-electron chi connectivity index (χ2n) is 5.86. The molecule has 2 rings (SSSR count). The molecule has 1 aromatic rings. The van der Waals surface area contributed by atoms with Crippen molar-refractivity contribution >= 4 is 17.5 Å². The first kappa shape index (κ1) is 18.0. The van der Waals surface area contributed by atoms with E-state index < -0.39 is 0 Å². The van der Waals surface area contributed by atoms with Gasteiger partial charge < -0.3 is 14.8 Å². The number of allylic oxidation sites excluding steroid dienone is 1. The van der Waals surface area contributed by atoms with Crippen LogP contribution in [0.2, 0.25) is 5.02 Å². The fourth-order valence-electron chi connectivity index (χ4n) is 2.35. The Morgan fingerprint density at radius 2 is 2.43 bits per heavy atom. The van der Waals surface area contributed by atoms with E-state index in [0.29, 0.717) is 37.8 Å². The van der Waals surface area contributed by atoms with E-state index in [2.05, 4.69) is 10.4 Å². The van der Waals surface area contributed by atoms with Crippen LogP contribution in [-0.4, -0.2) is 47.7 Å². The number of rotatable bonds is 7. The van der Waals surface area contributed by atoms with Gasteiger partial charge in [0.05, 0.1) is 36.6 Å². The maximum absolute atomic E-state index is 12.1. The average molecular weight is 342 g/mol. The molecule has 1 amide bonds. The molecule has 2 heterocycles. The van der Waals surface area contributed by atoms with Gasteiger partial charge in [0.25, 0.3) is 0 Å². The van der Waals surface area contributed by atoms with Gasteiger partial charge in [0.2, 0.25) is 5.91 Å². The van der Waals surface area contributed by atoms with Gasteiger partial charge in [0.1, 0.15) is 0 Å². The minimum atomic E-state index is -0.108. The number of carbonyl (C=O) groups excluding carboxylic acids is 1. The minimum Gasteiger partial charge on any atom is -0.379 e. The van der Waals surface area contributed by atoms with Gasteiger partial charge in [-0.2, -0.15) is 5.10 Å². The molecule has 1 fully saturated rings. The summed E-state index contributed by atoms with van der Waals surface area (Å²) in [6.45, 7) is 6.28. The van der Waals surface area contributed by atoms with Gasteiger partial charge in [-0.05, 0) is 20.3 Å². The molecule has 2 atom stereocenters. The maximum Gasteiger partial charge on any atom is 0.222 e. The van der Waals surface area contributed by atoms with Crippen molar-refractivity contribution in [3.8, 4) is 0 Å². The van der Waals surface area contributed by atoms with Crippen LogP contribution in [0.15, 0.2) is 24.0 Å². The molecule has 1 N–H and O–H groups in total. The van der Waals surface area contributed by atoms with Crippen LogP contribution in [0.1, 0.15) is 26.7 Å². The monoisotopic (exact) mass is 341 g/mol. The lowest BCUT2D eigenvalue weighted by molar-refractivity contribution is -0.126. The number of aryl methyl sites for hydroxylation is 1. The van der Waals surface area contributed by atoms with E-state index in [1.54, 1.807) is 17.1 Å². The zero-order valence-corrected chi connectivity index (χ0v) is 14.4. The Morgan fingerprint density at radius 1 is 1.61 bits per heavy atom. The smallest absolute Gasteiger partial charge is 0.222 e. The predicted octanol–water partition coefficient (Wildman–Crippen LogP) is 2.18. The summed E-state index contributed by atoms with van der Waals surface area (Å²) in [7, 11) is 0. The minimum absolute atomic E-state index is 0.0116. The summed E-state index contributed by atoms with van der Waals surface area (Å²) >= 11 is 5.80. The van der Waals surface area contributed by atoms with Gasteiger partial charge >= 0.3 is 0 Å². The number of carbonyl (C=O) groups is 1. The molecule has 1 aliphatic rings. The van der Waals surface area contributed by atoms with Gasteiger partial charge in [-0.15, -0.1) is 0 Å². The number of amides is 1. The number of hydrogen-bond acceptors (Lipinski definition) is 4. The Kier molecular flexibility index (Phi) is 7.08. The molecule has 1 aromatic heterocycles. The normalized spacial score (nSPS) is 21.0. The Balaban J connectivity index is 1.78. The van der Waals surface area contributed by atoms with E-state index in [-0.39, 0.29) is 18.1 Å². The highest BCUT2D eigenvalue weighted by Gasteiger charge is 2.27. The van der Waals surface area contributed by atoms with Gasteiger partial charge in [-0.25, -0.2) is 0 Å². The van der Waals surface area contributed by atoms with E-state index in [1.165, 1.54) is 5.57 Å². The highest BCUT2D eigenvalue weighted by Crippen LogP contribution is 2.13. The van der Waals surface area contributed by atoms with E-state index in [0.717, 1.165) is 6.42 Å². The Labute approximate surface area is 141 Å². The Morgan fingerprint density at radius 3 is 3.13 bits per heavy atom. The van der Waals surface area contributed by atoms with Crippen LogP contribution >= 0.6 is 11.6 Å². The molecular formula is C16H24ClN3O3. The van der Waals surface area contributed by atoms with Crippen molar-refractivity contribution in [3.05, 3.63) is 29.1 Å². The topological polar surface area (TPSA) is 65.4 Å². The van der Waals surface area contributed by atoms with E-state index in [9.17, 15) is 4.79 Å². The van der Waals surface area contributed by atoms with Crippen LogP contribution in [0.25, 0.3) is 0 Å². The third-order valence-corrected chi connectivity index (χ3v) is 3.81. The number of aromatic nitrogens is 2. The maximum atomic E-state index is 12.1. The van der Waals surface area contributed by atoms with Crippen LogP contribution in [0.3, 0.4) is 0 Å². The molecule has 1 aliphatic heterocycles. The van der Waals surface area contributed by atoms with Crippen LogP contribution in [0.4, 0.5) is 0 Å². The van der Waals surface area contributed by atoms with Crippen molar-refractivity contribution in [2.75, 3.05) is 19.8 Å². The van der Waals surface area contributed by atoms with Crippen molar-refractivity contribution in [2.45, 2.75) is 45.4 Å². The molecule has 7 heteroatoms. The molecule has 0 aliphatic carbocycles. The molecule has 0 aromatic carbocycles. The molecule has 0 saturated carbocycles. The van der Waals surface area contributed by atoms with Crippen molar-refractivity contribution in [2.24, 2.45) is 0 Å². The molecule has 23 heavy (non-hydrogen) atoms. The largest absolute Gasteiger partial charge is 0.379 e. The third kappa shape index (κ3) is 6.33. The van der Waals surface area contributed by atoms with Gasteiger partial charge in [0.15, 0.2) is 0 Å². The number of ether oxygens (including phenoxy) is 2. The second kappa shape index (κ2) is 9.05. The van der Waals surface area contributed by atoms with Gasteiger partial charge in [0, 0.05) is 25.8 Å². The average Bonchev–Trinajstić information content (AvgIpc) is 2.92. The molecule has 0 unspecified atom stereocenters. The molecular weight excluding hydrogens is 318 g/mol. The SMILES string of the molecule is CC(C)=CCO[C@@H]1CCOC[C@@H]1NC(=O)CCn1cc(Cl)cn1. The van der Waals surface area contributed by atoms with Gasteiger partial charge in [-0.1, -0.05) is 23.3 Å². The summed E-state index contributed by atoms with van der Waals surface area (Å²) in [5.74, 6) is -0.0389. The molecule has 0 bridgehead atoms. The lowest BCUT2D eigenvalue weighted by Gasteiger charge is -2.31. The van der Waals surface area contributed by atoms with E-state index in [4.69, 9.17) is 21.1 Å². The molecule has 1 saturated heterocycles. The van der Waals surface area contributed by atoms with Crippen LogP contribution in [-0.2, 0) is 20.8 Å². The molecule has 128 valence electrons. The number of halogens is 1. The first-order valence-electron chi connectivity index (χ1n) is 7.84. The highest BCUT2D eigenvalue weighted by molar-refractivity contribution is 6.30. The standard InChI is InChI=1S/C16H24ClN3O3/c1-12(2)4-8-23-15-5-7-22-11-14(15)19-16(21)3-6-20-10-13(17)9-18-20/h4,9-10,14-15H,3,5-8,11H2,1-2H3,(H,19,21)/t14-,15+/m0/s1. The molecule has 6 nitrogen and oxygen atoms in total. The summed E-state index contributed by atoms with van der Waals surface area (Å²) < 4.78 is 13.0. The van der Waals surface area contributed by atoms with Gasteiger partial charge in [-0.3, -0.25) is 9.48 Å². The number of nitrogens with one attached hydrogen (secondary N) is 1. The van der Waals surface area contributed by atoms with E-state index in [1.807, 2.05) is 19.9 Å². The zero-order valence-electron chi connectivity index (χ0n) is 13.6. The fourth-order valence-corrected chi connectivity index (χ4v) is 2.50. The number of hydrogen-bond donors (Lipinski definition) is 1. The number of nitrogens with zero attached hydrogens (tertiary/aromatic N) is 2. The van der Waals surface area contributed by atoms with Crippen LogP contribution < -0.4 is 5.32 Å². The second-order valence-corrected chi connectivity index (χ2v) is 6.30. The quantitative estimate of drug-likeness (QED) is 0.772. The first-order chi connectivity index (χ1) is 11.0. The van der Waals surface area contributed by atoms with Crippen molar-refractivity contribution in [1.82, 2.24) is 15.1 Å². The fraction of sp³-hybridized carbons (Fsp3) is 0.625. The predicted molar refractivity (Wildman–Crippen MR) is 88.4 cm³/mol. The zero-order chi connectivity index (χ0) is 16.7. The van der Waals surface area contributed by atoms with Crippen molar-refractivity contribution in [3.63, 3.8) is 0 Å². The van der Waals surface area contributed by atoms with E-state index >= 15 is 0 Å². The Hall–Kier alpha value is -1.37. The Bertz CT molecular complexity index is 540. The summed E-state index contributed by atoms with van der Waals surface area (Å²) in [5.41, 5.74) is 1.22. The van der Waals surface area contributed by atoms with Crippen molar-refractivity contribution < 1.29 is 14.3 Å². The first-order valence-corrected chi connectivity index (χ1v) is 8.22. The lowest BCUT2D eigenvalue weighted by Crippen LogP contribution is -2.50.